The van der Waals surface area contributed by atoms with Gasteiger partial charge in [-0.15, -0.1) is 24.0 Å². The fourth-order valence-corrected chi connectivity index (χ4v) is 3.56. The Kier molecular flexibility index (Phi) is 8.37. The van der Waals surface area contributed by atoms with Crippen LogP contribution in [0.25, 0.3) is 0 Å². The molecular weight excluding hydrogens is 449 g/mol. The molecule has 0 spiro atoms. The first-order chi connectivity index (χ1) is 12.1. The zero-order chi connectivity index (χ0) is 17.7. The van der Waals surface area contributed by atoms with Gasteiger partial charge in [0.25, 0.3) is 0 Å². The van der Waals surface area contributed by atoms with Crippen molar-refractivity contribution in [2.24, 2.45) is 4.99 Å². The molecule has 2 heterocycles. The Labute approximate surface area is 172 Å². The van der Waals surface area contributed by atoms with E-state index >= 15 is 0 Å². The summed E-state index contributed by atoms with van der Waals surface area (Å²) in [5, 5.41) is 13.5. The van der Waals surface area contributed by atoms with Gasteiger partial charge >= 0.3 is 0 Å². The van der Waals surface area contributed by atoms with E-state index in [2.05, 4.69) is 20.1 Å². The van der Waals surface area contributed by atoms with Crippen LogP contribution in [0.1, 0.15) is 19.3 Å². The number of amides is 1. The third-order valence-corrected chi connectivity index (χ3v) is 5.47. The Morgan fingerprint density at radius 1 is 1.12 bits per heavy atom. The number of carbonyl (C=O) groups is 1. The second-order valence-corrected chi connectivity index (χ2v) is 7.24. The number of nitrogens with zero attached hydrogens (tertiary/aromatic N) is 4. The van der Waals surface area contributed by atoms with Crippen LogP contribution < -0.4 is 5.32 Å². The van der Waals surface area contributed by atoms with Crippen molar-refractivity contribution in [2.75, 3.05) is 72.6 Å². The van der Waals surface area contributed by atoms with Gasteiger partial charge in [0.15, 0.2) is 5.96 Å². The highest BCUT2D eigenvalue weighted by Crippen LogP contribution is 2.30. The van der Waals surface area contributed by atoms with E-state index in [-0.39, 0.29) is 29.9 Å². The number of nitrogens with one attached hydrogen (secondary N) is 1. The van der Waals surface area contributed by atoms with Gasteiger partial charge in [-0.3, -0.25) is 14.7 Å². The number of aliphatic hydroxyl groups is 1. The number of guanidine groups is 1. The van der Waals surface area contributed by atoms with Crippen LogP contribution in [-0.2, 0) is 9.53 Å². The molecule has 0 bridgehead atoms. The summed E-state index contributed by atoms with van der Waals surface area (Å²) in [6.45, 7) is 7.14. The average Bonchev–Trinajstić information content (AvgIpc) is 2.62. The summed E-state index contributed by atoms with van der Waals surface area (Å²) in [4.78, 5) is 23.0. The molecule has 0 unspecified atom stereocenters. The predicted molar refractivity (Wildman–Crippen MR) is 111 cm³/mol. The monoisotopic (exact) mass is 481 g/mol. The molecular formula is C17H32IN5O3. The molecule has 150 valence electrons. The van der Waals surface area contributed by atoms with Crippen LogP contribution in [0, 0.1) is 0 Å². The fraction of sp³-hybridized carbons (Fsp3) is 0.882. The normalized spacial score (nSPS) is 23.8. The molecule has 0 aromatic heterocycles. The lowest BCUT2D eigenvalue weighted by Gasteiger charge is -2.40. The lowest BCUT2D eigenvalue weighted by Crippen LogP contribution is -2.57. The molecule has 9 heteroatoms. The highest BCUT2D eigenvalue weighted by atomic mass is 127. The van der Waals surface area contributed by atoms with Gasteiger partial charge in [-0.05, 0) is 19.3 Å². The van der Waals surface area contributed by atoms with Gasteiger partial charge in [-0.25, -0.2) is 0 Å². The van der Waals surface area contributed by atoms with Crippen LogP contribution >= 0.6 is 24.0 Å². The number of halogens is 1. The van der Waals surface area contributed by atoms with Crippen molar-refractivity contribution in [3.63, 3.8) is 0 Å². The van der Waals surface area contributed by atoms with Crippen molar-refractivity contribution in [3.8, 4) is 0 Å². The van der Waals surface area contributed by atoms with Gasteiger partial charge in [0.2, 0.25) is 5.91 Å². The van der Waals surface area contributed by atoms with E-state index in [9.17, 15) is 9.90 Å². The molecule has 1 aliphatic carbocycles. The number of piperazine rings is 1. The fourth-order valence-electron chi connectivity index (χ4n) is 3.56. The van der Waals surface area contributed by atoms with Crippen LogP contribution in [0.4, 0.5) is 0 Å². The average molecular weight is 481 g/mol. The molecule has 3 aliphatic rings. The standard InChI is InChI=1S/C17H31N5O3.HI/c1-18-16(19-14-17(24)3-2-4-17)22-7-5-20(6-8-22)13-15(23)21-9-11-25-12-10-21;/h24H,2-14H2,1H3,(H,18,19);1H. The van der Waals surface area contributed by atoms with Gasteiger partial charge in [0.05, 0.1) is 25.4 Å². The number of carbonyl (C=O) groups excluding carboxylic acids is 1. The molecule has 3 rings (SSSR count). The SMILES string of the molecule is CN=C(NCC1(O)CCC1)N1CCN(CC(=O)N2CCOCC2)CC1.I. The molecule has 26 heavy (non-hydrogen) atoms. The summed E-state index contributed by atoms with van der Waals surface area (Å²) in [7, 11) is 1.78. The van der Waals surface area contributed by atoms with Crippen molar-refractivity contribution in [3.05, 3.63) is 0 Å². The molecule has 0 atom stereocenters. The van der Waals surface area contributed by atoms with Gasteiger partial charge in [-0.1, -0.05) is 0 Å². The number of rotatable bonds is 4. The summed E-state index contributed by atoms with van der Waals surface area (Å²) in [5.74, 6) is 1.05. The molecule has 8 nitrogen and oxygen atoms in total. The summed E-state index contributed by atoms with van der Waals surface area (Å²) in [5.41, 5.74) is -0.553. The smallest absolute Gasteiger partial charge is 0.236 e. The highest BCUT2D eigenvalue weighted by Gasteiger charge is 2.34. The van der Waals surface area contributed by atoms with Crippen LogP contribution in [0.5, 0.6) is 0 Å². The Balaban J connectivity index is 0.00000243. The van der Waals surface area contributed by atoms with Crippen molar-refractivity contribution < 1.29 is 14.6 Å². The van der Waals surface area contributed by atoms with Crippen molar-refractivity contribution in [2.45, 2.75) is 24.9 Å². The third-order valence-electron chi connectivity index (χ3n) is 5.47. The molecule has 2 N–H and O–H groups in total. The Hall–Kier alpha value is -0.650. The maximum atomic E-state index is 12.3. The molecule has 0 radical (unpaired) electrons. The first-order valence-electron chi connectivity index (χ1n) is 9.35. The zero-order valence-corrected chi connectivity index (χ0v) is 18.0. The lowest BCUT2D eigenvalue weighted by atomic mass is 9.80. The Bertz CT molecular complexity index is 487. The maximum absolute atomic E-state index is 12.3. The molecule has 1 saturated carbocycles. The van der Waals surface area contributed by atoms with Crippen LogP contribution in [-0.4, -0.2) is 110 Å². The molecule has 0 aromatic carbocycles. The quantitative estimate of drug-likeness (QED) is 0.323. The van der Waals surface area contributed by atoms with Crippen LogP contribution in [0.3, 0.4) is 0 Å². The van der Waals surface area contributed by atoms with E-state index < -0.39 is 5.60 Å². The number of hydrogen-bond donors (Lipinski definition) is 2. The topological polar surface area (TPSA) is 80.6 Å². The van der Waals surface area contributed by atoms with E-state index in [0.29, 0.717) is 39.4 Å². The summed E-state index contributed by atoms with van der Waals surface area (Å²) >= 11 is 0. The highest BCUT2D eigenvalue weighted by molar-refractivity contribution is 14.0. The Morgan fingerprint density at radius 3 is 2.31 bits per heavy atom. The van der Waals surface area contributed by atoms with Gasteiger partial charge < -0.3 is 25.0 Å². The molecule has 3 fully saturated rings. The molecule has 0 aromatic rings. The Morgan fingerprint density at radius 2 is 1.77 bits per heavy atom. The summed E-state index contributed by atoms with van der Waals surface area (Å²) in [6.07, 6.45) is 2.84. The first kappa shape index (κ1) is 21.6. The summed E-state index contributed by atoms with van der Waals surface area (Å²) < 4.78 is 5.30. The molecule has 1 amide bonds. The first-order valence-corrected chi connectivity index (χ1v) is 9.35. The van der Waals surface area contributed by atoms with E-state index in [1.807, 2.05) is 4.90 Å². The molecule has 2 saturated heterocycles. The van der Waals surface area contributed by atoms with E-state index in [4.69, 9.17) is 4.74 Å². The largest absolute Gasteiger partial charge is 0.388 e. The number of ether oxygens (including phenoxy) is 1. The minimum Gasteiger partial charge on any atom is -0.388 e. The van der Waals surface area contributed by atoms with Gasteiger partial charge in [0.1, 0.15) is 0 Å². The van der Waals surface area contributed by atoms with Gasteiger partial charge in [-0.2, -0.15) is 0 Å². The lowest BCUT2D eigenvalue weighted by molar-refractivity contribution is -0.136. The van der Waals surface area contributed by atoms with Crippen LogP contribution in [0.2, 0.25) is 0 Å². The van der Waals surface area contributed by atoms with Gasteiger partial charge in [0, 0.05) is 52.9 Å². The number of aliphatic imine (C=N–C) groups is 1. The van der Waals surface area contributed by atoms with E-state index in [1.54, 1.807) is 7.05 Å². The zero-order valence-electron chi connectivity index (χ0n) is 15.7. The predicted octanol–water partition coefficient (Wildman–Crippen LogP) is -0.429. The second kappa shape index (κ2) is 10.0. The minimum absolute atomic E-state index is 0. The summed E-state index contributed by atoms with van der Waals surface area (Å²) in [6, 6.07) is 0. The van der Waals surface area contributed by atoms with Crippen molar-refractivity contribution in [1.29, 1.82) is 0 Å². The molecule has 2 aliphatic heterocycles. The third kappa shape index (κ3) is 5.67. The van der Waals surface area contributed by atoms with Crippen molar-refractivity contribution >= 4 is 35.8 Å². The van der Waals surface area contributed by atoms with Crippen LogP contribution in [0.15, 0.2) is 4.99 Å². The van der Waals surface area contributed by atoms with E-state index in [1.165, 1.54) is 0 Å². The van der Waals surface area contributed by atoms with Crippen molar-refractivity contribution in [1.82, 2.24) is 20.0 Å². The maximum Gasteiger partial charge on any atom is 0.236 e. The number of morpholine rings is 1. The second-order valence-electron chi connectivity index (χ2n) is 7.24. The van der Waals surface area contributed by atoms with E-state index in [0.717, 1.165) is 51.4 Å². The number of hydrogen-bond acceptors (Lipinski definition) is 5. The minimum atomic E-state index is -0.553.